The molecule has 0 heterocycles. The highest BCUT2D eigenvalue weighted by Gasteiger charge is 2.16. The Morgan fingerprint density at radius 2 is 1.80 bits per heavy atom. The van der Waals surface area contributed by atoms with Gasteiger partial charge in [-0.2, -0.15) is 0 Å². The topological polar surface area (TPSA) is 78.4 Å². The smallest absolute Gasteiger partial charge is 0.259 e. The fraction of sp³-hybridized carbons (Fsp3) is 0.500. The van der Waals surface area contributed by atoms with Gasteiger partial charge in [-0.15, -0.1) is 0 Å². The zero-order valence-electron chi connectivity index (χ0n) is 11.3. The van der Waals surface area contributed by atoms with Crippen molar-refractivity contribution in [1.29, 1.82) is 0 Å². The van der Waals surface area contributed by atoms with E-state index in [9.17, 15) is 9.00 Å². The van der Waals surface area contributed by atoms with Gasteiger partial charge in [-0.3, -0.25) is 14.1 Å². The molecule has 1 unspecified atom stereocenters. The maximum absolute atomic E-state index is 11.8. The molecule has 1 atom stereocenters. The fourth-order valence-electron chi connectivity index (χ4n) is 2.58. The van der Waals surface area contributed by atoms with E-state index in [0.717, 1.165) is 6.42 Å². The molecule has 20 heavy (non-hydrogen) atoms. The molecule has 1 saturated carbocycles. The molecule has 1 aromatic rings. The van der Waals surface area contributed by atoms with Crippen molar-refractivity contribution in [3.63, 3.8) is 0 Å². The van der Waals surface area contributed by atoms with Gasteiger partial charge in [0.05, 0.1) is 0 Å². The molecule has 3 N–H and O–H groups in total. The van der Waals surface area contributed by atoms with E-state index in [1.807, 2.05) is 0 Å². The Labute approximate surface area is 121 Å². The highest BCUT2D eigenvalue weighted by molar-refractivity contribution is 7.80. The van der Waals surface area contributed by atoms with E-state index >= 15 is 0 Å². The SMILES string of the molecule is O=C(CCC1CCCC1)Nc1ccc(NS(=O)O)cc1. The van der Waals surface area contributed by atoms with E-state index in [1.54, 1.807) is 24.3 Å². The summed E-state index contributed by atoms with van der Waals surface area (Å²) in [6, 6.07) is 6.73. The fourth-order valence-corrected chi connectivity index (χ4v) is 2.92. The van der Waals surface area contributed by atoms with Crippen molar-refractivity contribution in [1.82, 2.24) is 0 Å². The van der Waals surface area contributed by atoms with Crippen LogP contribution >= 0.6 is 0 Å². The molecule has 0 spiro atoms. The van der Waals surface area contributed by atoms with Crippen molar-refractivity contribution in [2.45, 2.75) is 38.5 Å². The van der Waals surface area contributed by atoms with Crippen LogP contribution in [0.25, 0.3) is 0 Å². The third-order valence-corrected chi connectivity index (χ3v) is 4.04. The summed E-state index contributed by atoms with van der Waals surface area (Å²) in [6.45, 7) is 0. The van der Waals surface area contributed by atoms with Gasteiger partial charge >= 0.3 is 0 Å². The van der Waals surface area contributed by atoms with Crippen molar-refractivity contribution >= 4 is 28.5 Å². The third kappa shape index (κ3) is 4.94. The molecular formula is C14H20N2O3S. The molecule has 1 fully saturated rings. The van der Waals surface area contributed by atoms with Crippen LogP contribution in [0.15, 0.2) is 24.3 Å². The van der Waals surface area contributed by atoms with E-state index in [2.05, 4.69) is 10.0 Å². The van der Waals surface area contributed by atoms with Crippen LogP contribution in [0.3, 0.4) is 0 Å². The number of carbonyl (C=O) groups excluding carboxylic acids is 1. The van der Waals surface area contributed by atoms with Crippen molar-refractivity contribution in [3.05, 3.63) is 24.3 Å². The summed E-state index contributed by atoms with van der Waals surface area (Å²) in [5, 5.41) is 2.84. The maximum atomic E-state index is 11.8. The molecule has 0 saturated heterocycles. The van der Waals surface area contributed by atoms with Crippen molar-refractivity contribution < 1.29 is 13.6 Å². The average molecular weight is 296 g/mol. The number of nitrogens with one attached hydrogen (secondary N) is 2. The molecule has 0 aromatic heterocycles. The first-order valence-corrected chi connectivity index (χ1v) is 8.01. The van der Waals surface area contributed by atoms with E-state index in [0.29, 0.717) is 23.7 Å². The van der Waals surface area contributed by atoms with Gasteiger partial charge in [0.1, 0.15) is 0 Å². The lowest BCUT2D eigenvalue weighted by atomic mass is 10.0. The van der Waals surface area contributed by atoms with Crippen LogP contribution in [0.1, 0.15) is 38.5 Å². The van der Waals surface area contributed by atoms with Gasteiger partial charge in [-0.05, 0) is 36.6 Å². The van der Waals surface area contributed by atoms with Gasteiger partial charge in [0.2, 0.25) is 5.91 Å². The van der Waals surface area contributed by atoms with Crippen LogP contribution in [0.2, 0.25) is 0 Å². The Morgan fingerprint density at radius 3 is 2.40 bits per heavy atom. The molecule has 0 aliphatic heterocycles. The number of rotatable bonds is 6. The summed E-state index contributed by atoms with van der Waals surface area (Å²) >= 11 is -2.08. The van der Waals surface area contributed by atoms with Crippen molar-refractivity contribution in [2.24, 2.45) is 5.92 Å². The Morgan fingerprint density at radius 1 is 1.20 bits per heavy atom. The van der Waals surface area contributed by atoms with Gasteiger partial charge in [-0.25, -0.2) is 4.21 Å². The minimum atomic E-state index is -2.08. The van der Waals surface area contributed by atoms with Crippen LogP contribution < -0.4 is 10.0 Å². The molecule has 1 aliphatic rings. The van der Waals surface area contributed by atoms with Crippen LogP contribution in [0.4, 0.5) is 11.4 Å². The van der Waals surface area contributed by atoms with E-state index in [1.165, 1.54) is 25.7 Å². The molecule has 0 bridgehead atoms. The second kappa shape index (κ2) is 7.40. The van der Waals surface area contributed by atoms with Gasteiger partial charge in [0, 0.05) is 17.8 Å². The third-order valence-electron chi connectivity index (χ3n) is 3.63. The van der Waals surface area contributed by atoms with Gasteiger partial charge in [-0.1, -0.05) is 25.7 Å². The molecule has 1 amide bonds. The molecule has 2 rings (SSSR count). The van der Waals surface area contributed by atoms with Crippen LogP contribution in [0, 0.1) is 5.92 Å². The zero-order chi connectivity index (χ0) is 14.4. The molecule has 0 radical (unpaired) electrons. The number of benzene rings is 1. The largest absolute Gasteiger partial charge is 0.326 e. The van der Waals surface area contributed by atoms with Gasteiger partial charge < -0.3 is 5.32 Å². The average Bonchev–Trinajstić information content (AvgIpc) is 2.91. The summed E-state index contributed by atoms with van der Waals surface area (Å²) < 4.78 is 21.6. The second-order valence-electron chi connectivity index (χ2n) is 5.17. The lowest BCUT2D eigenvalue weighted by Crippen LogP contribution is -2.12. The first kappa shape index (κ1) is 15.0. The Bertz CT molecular complexity index is 470. The standard InChI is InChI=1S/C14H20N2O3S/c17-14(10-5-11-3-1-2-4-11)15-12-6-8-13(9-7-12)16-20(18)19/h6-9,11,16H,1-5,10H2,(H,15,17)(H,18,19). The van der Waals surface area contributed by atoms with Crippen LogP contribution in [-0.2, 0) is 16.1 Å². The summed E-state index contributed by atoms with van der Waals surface area (Å²) in [5.41, 5.74) is 1.24. The zero-order valence-corrected chi connectivity index (χ0v) is 12.1. The normalized spacial score (nSPS) is 16.9. The molecule has 6 heteroatoms. The van der Waals surface area contributed by atoms with E-state index in [-0.39, 0.29) is 5.91 Å². The number of hydrogen-bond donors (Lipinski definition) is 3. The van der Waals surface area contributed by atoms with Gasteiger partial charge in [0.25, 0.3) is 11.3 Å². The first-order valence-electron chi connectivity index (χ1n) is 6.91. The summed E-state index contributed by atoms with van der Waals surface area (Å²) in [5.74, 6) is 0.746. The van der Waals surface area contributed by atoms with Crippen molar-refractivity contribution in [2.75, 3.05) is 10.0 Å². The Balaban J connectivity index is 1.76. The lowest BCUT2D eigenvalue weighted by molar-refractivity contribution is -0.116. The highest BCUT2D eigenvalue weighted by atomic mass is 32.2. The molecule has 110 valence electrons. The maximum Gasteiger partial charge on any atom is 0.259 e. The number of amides is 1. The summed E-state index contributed by atoms with van der Waals surface area (Å²) in [4.78, 5) is 11.8. The lowest BCUT2D eigenvalue weighted by Gasteiger charge is -2.09. The number of carbonyl (C=O) groups is 1. The number of hydrogen-bond acceptors (Lipinski definition) is 2. The minimum Gasteiger partial charge on any atom is -0.326 e. The van der Waals surface area contributed by atoms with Crippen molar-refractivity contribution in [3.8, 4) is 0 Å². The first-order chi connectivity index (χ1) is 9.63. The van der Waals surface area contributed by atoms with E-state index < -0.39 is 11.3 Å². The van der Waals surface area contributed by atoms with Crippen LogP contribution in [0.5, 0.6) is 0 Å². The Kier molecular flexibility index (Phi) is 5.55. The molecule has 1 aliphatic carbocycles. The number of anilines is 2. The van der Waals surface area contributed by atoms with Crippen LogP contribution in [-0.4, -0.2) is 14.7 Å². The summed E-state index contributed by atoms with van der Waals surface area (Å²) in [7, 11) is 0. The van der Waals surface area contributed by atoms with E-state index in [4.69, 9.17) is 4.55 Å². The summed E-state index contributed by atoms with van der Waals surface area (Å²) in [6.07, 6.45) is 6.64. The Hall–Kier alpha value is -1.40. The predicted octanol–water partition coefficient (Wildman–Crippen LogP) is 3.14. The predicted molar refractivity (Wildman–Crippen MR) is 80.7 cm³/mol. The van der Waals surface area contributed by atoms with Gasteiger partial charge in [0.15, 0.2) is 0 Å². The molecule has 5 nitrogen and oxygen atoms in total. The minimum absolute atomic E-state index is 0.0309. The highest BCUT2D eigenvalue weighted by Crippen LogP contribution is 2.28. The molecule has 1 aromatic carbocycles. The monoisotopic (exact) mass is 296 g/mol. The molecular weight excluding hydrogens is 276 g/mol. The second-order valence-corrected chi connectivity index (χ2v) is 5.87. The quantitative estimate of drug-likeness (QED) is 0.706.